The third-order valence-corrected chi connectivity index (χ3v) is 9.84. The maximum Gasteiger partial charge on any atom is 0.337 e. The second-order valence-electron chi connectivity index (χ2n) is 14.8. The number of nitrogens with zero attached hydrogens (tertiary/aromatic N) is 3. The zero-order chi connectivity index (χ0) is 31.3. The number of pyridine rings is 1. The Morgan fingerprint density at radius 1 is 1.00 bits per heavy atom. The van der Waals surface area contributed by atoms with E-state index in [4.69, 9.17) is 9.72 Å². The first-order chi connectivity index (χ1) is 20.1. The van der Waals surface area contributed by atoms with E-state index in [1.807, 2.05) is 0 Å². The second-order valence-corrected chi connectivity index (χ2v) is 14.8. The molecule has 1 saturated carbocycles. The lowest BCUT2D eigenvalue weighted by molar-refractivity contribution is -0.160. The van der Waals surface area contributed by atoms with Crippen LogP contribution in [-0.2, 0) is 16.1 Å². The first-order valence-corrected chi connectivity index (χ1v) is 15.6. The van der Waals surface area contributed by atoms with Gasteiger partial charge >= 0.3 is 5.97 Å². The Labute approximate surface area is 253 Å². The van der Waals surface area contributed by atoms with Crippen molar-refractivity contribution in [1.82, 2.24) is 9.88 Å². The smallest absolute Gasteiger partial charge is 0.337 e. The molecule has 1 aromatic heterocycles. The van der Waals surface area contributed by atoms with Gasteiger partial charge in [-0.1, -0.05) is 20.3 Å². The SMILES string of the molecule is Cc1nc(CN2CCC3(CCC3)CC2)c(-c2cc(F)c(F)c(F)c2)c(N2CCC(C)(C)CC2)c1[C@H](OC(C)(C)C)C(=O)O. The minimum Gasteiger partial charge on any atom is -0.479 e. The molecular formula is C34H46F3N3O3. The van der Waals surface area contributed by atoms with Crippen LogP contribution in [0.15, 0.2) is 12.1 Å². The van der Waals surface area contributed by atoms with Gasteiger partial charge in [-0.05, 0) is 108 Å². The van der Waals surface area contributed by atoms with E-state index >= 15 is 0 Å². The van der Waals surface area contributed by atoms with E-state index in [1.165, 1.54) is 19.3 Å². The normalized spacial score (nSPS) is 21.1. The fourth-order valence-corrected chi connectivity index (χ4v) is 7.02. The summed E-state index contributed by atoms with van der Waals surface area (Å²) in [6, 6.07) is 2.02. The monoisotopic (exact) mass is 601 g/mol. The van der Waals surface area contributed by atoms with E-state index in [2.05, 4.69) is 23.6 Å². The standard InChI is InChI=1S/C34H46F3N3O3/c1-21-26(30(31(41)42)43-32(2,3)4)29(40-16-10-33(5,6)11-17-40)27(22-18-23(35)28(37)24(36)19-22)25(38-21)20-39-14-12-34(13-15-39)8-7-9-34/h18-19,30H,7-17,20H2,1-6H3,(H,41,42)/t30-/m0/s1. The van der Waals surface area contributed by atoms with Gasteiger partial charge in [0.15, 0.2) is 23.6 Å². The largest absolute Gasteiger partial charge is 0.479 e. The van der Waals surface area contributed by atoms with Crippen molar-refractivity contribution in [2.24, 2.45) is 10.8 Å². The third-order valence-electron chi connectivity index (χ3n) is 9.84. The van der Waals surface area contributed by atoms with Crippen molar-refractivity contribution in [3.05, 3.63) is 46.5 Å². The molecule has 2 aromatic rings. The Morgan fingerprint density at radius 3 is 2.07 bits per heavy atom. The van der Waals surface area contributed by atoms with Crippen molar-refractivity contribution in [3.63, 3.8) is 0 Å². The summed E-state index contributed by atoms with van der Waals surface area (Å²) in [5.74, 6) is -5.29. The summed E-state index contributed by atoms with van der Waals surface area (Å²) >= 11 is 0. The predicted octanol–water partition coefficient (Wildman–Crippen LogP) is 7.81. The van der Waals surface area contributed by atoms with Crippen LogP contribution in [0, 0.1) is 35.2 Å². The number of aliphatic carboxylic acids is 1. The van der Waals surface area contributed by atoms with E-state index in [-0.39, 0.29) is 11.0 Å². The van der Waals surface area contributed by atoms with Gasteiger partial charge < -0.3 is 14.7 Å². The lowest BCUT2D eigenvalue weighted by Gasteiger charge is -2.48. The van der Waals surface area contributed by atoms with Crippen LogP contribution in [0.4, 0.5) is 18.9 Å². The zero-order valence-corrected chi connectivity index (χ0v) is 26.5. The van der Waals surface area contributed by atoms with Crippen LogP contribution in [-0.4, -0.2) is 52.7 Å². The van der Waals surface area contributed by atoms with E-state index in [9.17, 15) is 23.1 Å². The van der Waals surface area contributed by atoms with Gasteiger partial charge in [-0.2, -0.15) is 0 Å². The summed E-state index contributed by atoms with van der Waals surface area (Å²) in [4.78, 5) is 22.2. The molecule has 9 heteroatoms. The van der Waals surface area contributed by atoms with Crippen LogP contribution in [0.25, 0.3) is 11.1 Å². The molecule has 6 nitrogen and oxygen atoms in total. The molecule has 0 amide bonds. The molecule has 2 aliphatic heterocycles. The number of likely N-dealkylation sites (tertiary alicyclic amines) is 1. The highest BCUT2D eigenvalue weighted by molar-refractivity contribution is 5.88. The van der Waals surface area contributed by atoms with Crippen molar-refractivity contribution < 1.29 is 27.8 Å². The summed E-state index contributed by atoms with van der Waals surface area (Å²) in [6.45, 7) is 15.0. The van der Waals surface area contributed by atoms with Crippen LogP contribution >= 0.6 is 0 Å². The van der Waals surface area contributed by atoms with Crippen molar-refractivity contribution in [2.75, 3.05) is 31.1 Å². The highest BCUT2D eigenvalue weighted by Crippen LogP contribution is 2.50. The number of anilines is 1. The molecule has 3 fully saturated rings. The molecule has 1 N–H and O–H groups in total. The van der Waals surface area contributed by atoms with E-state index < -0.39 is 35.1 Å². The van der Waals surface area contributed by atoms with E-state index in [1.54, 1.807) is 27.7 Å². The number of rotatable bonds is 7. The first-order valence-electron chi connectivity index (χ1n) is 15.6. The molecule has 0 unspecified atom stereocenters. The minimum atomic E-state index is -1.53. The quantitative estimate of drug-likeness (QED) is 0.327. The number of carbonyl (C=O) groups is 1. The van der Waals surface area contributed by atoms with Gasteiger partial charge in [0.1, 0.15) is 0 Å². The predicted molar refractivity (Wildman–Crippen MR) is 162 cm³/mol. The molecule has 3 heterocycles. The van der Waals surface area contributed by atoms with Crippen molar-refractivity contribution >= 4 is 11.7 Å². The van der Waals surface area contributed by atoms with Crippen LogP contribution in [0.5, 0.6) is 0 Å². The van der Waals surface area contributed by atoms with Crippen LogP contribution < -0.4 is 4.90 Å². The fraction of sp³-hybridized carbons (Fsp3) is 0.647. The second kappa shape index (κ2) is 11.7. The molecule has 1 aromatic carbocycles. The Balaban J connectivity index is 1.71. The lowest BCUT2D eigenvalue weighted by Crippen LogP contribution is -2.43. The summed E-state index contributed by atoms with van der Waals surface area (Å²) < 4.78 is 50.0. The van der Waals surface area contributed by atoms with Gasteiger partial charge in [0.25, 0.3) is 0 Å². The number of aryl methyl sites for hydroxylation is 1. The molecule has 236 valence electrons. The summed E-state index contributed by atoms with van der Waals surface area (Å²) in [5.41, 5.74) is 2.38. The van der Waals surface area contributed by atoms with Crippen LogP contribution in [0.2, 0.25) is 0 Å². The summed E-state index contributed by atoms with van der Waals surface area (Å²) in [6.07, 6.45) is 6.36. The average molecular weight is 602 g/mol. The number of hydrogen-bond acceptors (Lipinski definition) is 5. The zero-order valence-electron chi connectivity index (χ0n) is 26.5. The number of piperidine rings is 2. The number of ether oxygens (including phenoxy) is 1. The van der Waals surface area contributed by atoms with Gasteiger partial charge in [-0.3, -0.25) is 9.88 Å². The van der Waals surface area contributed by atoms with Gasteiger partial charge in [0, 0.05) is 36.5 Å². The van der Waals surface area contributed by atoms with Crippen LogP contribution in [0.3, 0.4) is 0 Å². The van der Waals surface area contributed by atoms with Crippen molar-refractivity contribution in [1.29, 1.82) is 0 Å². The molecule has 5 rings (SSSR count). The van der Waals surface area contributed by atoms with E-state index in [0.29, 0.717) is 53.3 Å². The highest BCUT2D eigenvalue weighted by atomic mass is 19.2. The number of carboxylic acid groups (broad SMARTS) is 1. The fourth-order valence-electron chi connectivity index (χ4n) is 7.02. The number of benzene rings is 1. The first kappa shape index (κ1) is 31.8. The summed E-state index contributed by atoms with van der Waals surface area (Å²) in [5, 5.41) is 10.5. The molecular weight excluding hydrogens is 555 g/mol. The molecule has 0 radical (unpaired) electrons. The number of halogens is 3. The third kappa shape index (κ3) is 6.72. The number of aromatic nitrogens is 1. The average Bonchev–Trinajstić information content (AvgIpc) is 2.89. The van der Waals surface area contributed by atoms with Crippen molar-refractivity contribution in [3.8, 4) is 11.1 Å². The topological polar surface area (TPSA) is 65.9 Å². The Bertz CT molecular complexity index is 1340. The van der Waals surface area contributed by atoms with Crippen molar-refractivity contribution in [2.45, 2.75) is 105 Å². The lowest BCUT2D eigenvalue weighted by atomic mass is 9.63. The maximum absolute atomic E-state index is 14.8. The Hall–Kier alpha value is -2.65. The number of carboxylic acids is 1. The Kier molecular flexibility index (Phi) is 8.64. The van der Waals surface area contributed by atoms with Crippen LogP contribution in [0.1, 0.15) is 103 Å². The molecule has 2 saturated heterocycles. The molecule has 1 aliphatic carbocycles. The van der Waals surface area contributed by atoms with Gasteiger partial charge in [0.05, 0.1) is 17.0 Å². The van der Waals surface area contributed by atoms with E-state index in [0.717, 1.165) is 50.9 Å². The number of hydrogen-bond donors (Lipinski definition) is 1. The van der Waals surface area contributed by atoms with Gasteiger partial charge in [-0.15, -0.1) is 0 Å². The minimum absolute atomic E-state index is 0.0925. The highest BCUT2D eigenvalue weighted by Gasteiger charge is 2.41. The summed E-state index contributed by atoms with van der Waals surface area (Å²) in [7, 11) is 0. The molecule has 43 heavy (non-hydrogen) atoms. The maximum atomic E-state index is 14.8. The van der Waals surface area contributed by atoms with Gasteiger partial charge in [0.2, 0.25) is 0 Å². The molecule has 1 spiro atoms. The molecule has 1 atom stereocenters. The van der Waals surface area contributed by atoms with Gasteiger partial charge in [-0.25, -0.2) is 18.0 Å². The molecule has 0 bridgehead atoms. The Morgan fingerprint density at radius 2 is 1.58 bits per heavy atom. The molecule has 3 aliphatic rings.